The van der Waals surface area contributed by atoms with Gasteiger partial charge in [0.05, 0.1) is 31.2 Å². The van der Waals surface area contributed by atoms with Gasteiger partial charge < -0.3 is 14.2 Å². The van der Waals surface area contributed by atoms with Crippen LogP contribution in [0.25, 0.3) is 0 Å². The van der Waals surface area contributed by atoms with Crippen LogP contribution in [0.5, 0.6) is 0 Å². The smallest absolute Gasteiger partial charge is 0.338 e. The van der Waals surface area contributed by atoms with Crippen molar-refractivity contribution in [3.05, 3.63) is 48.5 Å². The number of anilines is 2. The highest BCUT2D eigenvalue weighted by Gasteiger charge is 2.34. The number of carbonyl (C=O) groups is 2. The summed E-state index contributed by atoms with van der Waals surface area (Å²) in [5.41, 5.74) is 1.57. The molecule has 0 saturated carbocycles. The van der Waals surface area contributed by atoms with Crippen LogP contribution in [0.1, 0.15) is 6.92 Å². The first-order valence-electron chi connectivity index (χ1n) is 8.75. The number of hydrogen-bond acceptors (Lipinski definition) is 6. The Labute approximate surface area is 161 Å². The van der Waals surface area contributed by atoms with Gasteiger partial charge in [0.25, 0.3) is 5.91 Å². The van der Waals surface area contributed by atoms with Crippen LogP contribution in [0.4, 0.5) is 11.4 Å². The minimum atomic E-state index is -0.952. The fourth-order valence-corrected chi connectivity index (χ4v) is 4.11. The van der Waals surface area contributed by atoms with Gasteiger partial charge in [0.15, 0.2) is 12.2 Å². The first kappa shape index (κ1) is 18.0. The number of carbonyl (C=O) groups excluding carboxylic acids is 2. The molecule has 0 N–H and O–H groups in total. The molecule has 0 bridgehead atoms. The van der Waals surface area contributed by atoms with Gasteiger partial charge in [-0.2, -0.15) is 0 Å². The Bertz CT molecular complexity index is 819. The number of nitrogens with zero attached hydrogens (tertiary/aromatic N) is 1. The third kappa shape index (κ3) is 3.58. The molecule has 27 heavy (non-hydrogen) atoms. The number of fused-ring (bicyclic) bond motifs is 2. The molecule has 1 fully saturated rings. The molecule has 140 valence electrons. The summed E-state index contributed by atoms with van der Waals surface area (Å²) in [6, 6.07) is 15.4. The molecule has 2 aromatic carbocycles. The van der Waals surface area contributed by atoms with Crippen LogP contribution >= 0.6 is 11.8 Å². The molecule has 0 unspecified atom stereocenters. The summed E-state index contributed by atoms with van der Waals surface area (Å²) in [5.74, 6) is -0.885. The molecule has 0 aliphatic carbocycles. The van der Waals surface area contributed by atoms with Gasteiger partial charge >= 0.3 is 5.97 Å². The van der Waals surface area contributed by atoms with Crippen LogP contribution in [0.3, 0.4) is 0 Å². The van der Waals surface area contributed by atoms with Crippen molar-refractivity contribution in [3.8, 4) is 0 Å². The summed E-state index contributed by atoms with van der Waals surface area (Å²) in [4.78, 5) is 29.1. The average Bonchev–Trinajstić information content (AvgIpc) is 2.72. The van der Waals surface area contributed by atoms with Crippen molar-refractivity contribution in [1.29, 1.82) is 0 Å². The Morgan fingerprint density at radius 3 is 2.30 bits per heavy atom. The summed E-state index contributed by atoms with van der Waals surface area (Å²) in [6.07, 6.45) is -1.74. The lowest BCUT2D eigenvalue weighted by Crippen LogP contribution is -2.43. The Kier molecular flexibility index (Phi) is 5.15. The van der Waals surface area contributed by atoms with Crippen molar-refractivity contribution in [1.82, 2.24) is 0 Å². The Balaban J connectivity index is 1.58. The van der Waals surface area contributed by atoms with Gasteiger partial charge in [0, 0.05) is 9.79 Å². The number of rotatable bonds is 3. The zero-order valence-corrected chi connectivity index (χ0v) is 15.6. The molecule has 0 spiro atoms. The third-order valence-electron chi connectivity index (χ3n) is 4.37. The second-order valence-electron chi connectivity index (χ2n) is 6.22. The van der Waals surface area contributed by atoms with Crippen molar-refractivity contribution in [2.45, 2.75) is 28.9 Å². The van der Waals surface area contributed by atoms with Crippen LogP contribution in [0.15, 0.2) is 58.3 Å². The number of esters is 1. The molecular weight excluding hydrogens is 366 g/mol. The molecule has 2 aromatic rings. The molecule has 4 rings (SSSR count). The molecule has 0 aromatic heterocycles. The monoisotopic (exact) mass is 385 g/mol. The predicted molar refractivity (Wildman–Crippen MR) is 100 cm³/mol. The summed E-state index contributed by atoms with van der Waals surface area (Å²) in [6.45, 7) is 2.52. The number of amides is 1. The highest BCUT2D eigenvalue weighted by Crippen LogP contribution is 2.48. The van der Waals surface area contributed by atoms with E-state index in [1.54, 1.807) is 23.6 Å². The minimum absolute atomic E-state index is 0.145. The second-order valence-corrected chi connectivity index (χ2v) is 7.31. The first-order valence-corrected chi connectivity index (χ1v) is 9.56. The van der Waals surface area contributed by atoms with Crippen LogP contribution in [0, 0.1) is 0 Å². The third-order valence-corrected chi connectivity index (χ3v) is 5.50. The quantitative estimate of drug-likeness (QED) is 0.757. The van der Waals surface area contributed by atoms with E-state index in [1.165, 1.54) is 0 Å². The van der Waals surface area contributed by atoms with E-state index in [4.69, 9.17) is 14.2 Å². The molecule has 6 nitrogen and oxygen atoms in total. The van der Waals surface area contributed by atoms with Gasteiger partial charge in [-0.25, -0.2) is 4.79 Å². The fraction of sp³-hybridized carbons (Fsp3) is 0.300. The van der Waals surface area contributed by atoms with Crippen molar-refractivity contribution < 1.29 is 23.8 Å². The Morgan fingerprint density at radius 1 is 1.07 bits per heavy atom. The molecule has 1 amide bonds. The topological polar surface area (TPSA) is 65.1 Å². The molecular formula is C20H19NO5S. The van der Waals surface area contributed by atoms with E-state index in [-0.39, 0.29) is 12.5 Å². The van der Waals surface area contributed by atoms with E-state index < -0.39 is 18.2 Å². The first-order chi connectivity index (χ1) is 13.1. The van der Waals surface area contributed by atoms with Gasteiger partial charge in [0.1, 0.15) is 0 Å². The zero-order chi connectivity index (χ0) is 18.8. The summed E-state index contributed by atoms with van der Waals surface area (Å²) >= 11 is 1.61. The highest BCUT2D eigenvalue weighted by molar-refractivity contribution is 7.99. The van der Waals surface area contributed by atoms with Gasteiger partial charge in [0.2, 0.25) is 0 Å². The van der Waals surface area contributed by atoms with Crippen molar-refractivity contribution in [2.24, 2.45) is 0 Å². The standard InChI is InChI=1S/C20H19NO5S/c1-13(26-20(23)16-12-24-10-11-25-16)19(22)21-14-6-2-4-8-17(14)27-18-9-5-3-7-15(18)21/h2-9,13,16H,10-12H2,1H3/t13-,16-/m1/s1. The fourth-order valence-electron chi connectivity index (χ4n) is 3.05. The van der Waals surface area contributed by atoms with E-state index in [0.717, 1.165) is 21.2 Å². The lowest BCUT2D eigenvalue weighted by Gasteiger charge is -2.32. The molecule has 2 atom stereocenters. The Hall–Kier alpha value is -2.35. The molecule has 1 saturated heterocycles. The van der Waals surface area contributed by atoms with Gasteiger partial charge in [-0.05, 0) is 31.2 Å². The maximum absolute atomic E-state index is 13.2. The SMILES string of the molecule is C[C@@H](OC(=O)[C@H]1COCCO1)C(=O)N1c2ccccc2Sc2ccccc21. The number of ether oxygens (including phenoxy) is 3. The zero-order valence-electron chi connectivity index (χ0n) is 14.8. The van der Waals surface area contributed by atoms with E-state index in [1.807, 2.05) is 48.5 Å². The van der Waals surface area contributed by atoms with Crippen LogP contribution in [-0.4, -0.2) is 43.9 Å². The number of para-hydroxylation sites is 2. The largest absolute Gasteiger partial charge is 0.451 e. The number of benzene rings is 2. The molecule has 2 heterocycles. The lowest BCUT2D eigenvalue weighted by molar-refractivity contribution is -0.176. The van der Waals surface area contributed by atoms with E-state index in [0.29, 0.717) is 13.2 Å². The van der Waals surface area contributed by atoms with E-state index in [9.17, 15) is 9.59 Å². The van der Waals surface area contributed by atoms with Crippen molar-refractivity contribution in [2.75, 3.05) is 24.7 Å². The maximum atomic E-state index is 13.2. The second kappa shape index (κ2) is 7.72. The Morgan fingerprint density at radius 2 is 1.70 bits per heavy atom. The lowest BCUT2D eigenvalue weighted by atomic mass is 10.2. The molecule has 2 aliphatic rings. The number of hydrogen-bond donors (Lipinski definition) is 0. The average molecular weight is 385 g/mol. The van der Waals surface area contributed by atoms with E-state index >= 15 is 0 Å². The normalized spacial score (nSPS) is 19.6. The van der Waals surface area contributed by atoms with Crippen LogP contribution < -0.4 is 4.90 Å². The summed E-state index contributed by atoms with van der Waals surface area (Å²) < 4.78 is 16.0. The maximum Gasteiger partial charge on any atom is 0.338 e. The van der Waals surface area contributed by atoms with Crippen LogP contribution in [0.2, 0.25) is 0 Å². The highest BCUT2D eigenvalue weighted by atomic mass is 32.2. The van der Waals surface area contributed by atoms with Crippen molar-refractivity contribution >= 4 is 35.0 Å². The molecule has 7 heteroatoms. The minimum Gasteiger partial charge on any atom is -0.451 e. The van der Waals surface area contributed by atoms with Gasteiger partial charge in [-0.1, -0.05) is 36.0 Å². The van der Waals surface area contributed by atoms with E-state index in [2.05, 4.69) is 0 Å². The predicted octanol–water partition coefficient (Wildman–Crippen LogP) is 3.16. The van der Waals surface area contributed by atoms with Gasteiger partial charge in [-0.15, -0.1) is 0 Å². The molecule has 2 aliphatic heterocycles. The van der Waals surface area contributed by atoms with Crippen LogP contribution in [-0.2, 0) is 23.8 Å². The van der Waals surface area contributed by atoms with Crippen molar-refractivity contribution in [3.63, 3.8) is 0 Å². The summed E-state index contributed by atoms with van der Waals surface area (Å²) in [5, 5.41) is 0. The summed E-state index contributed by atoms with van der Waals surface area (Å²) in [7, 11) is 0. The molecule has 0 radical (unpaired) electrons. The van der Waals surface area contributed by atoms with Gasteiger partial charge in [-0.3, -0.25) is 9.69 Å².